The number of rotatable bonds is 2. The van der Waals surface area contributed by atoms with Crippen molar-refractivity contribution < 1.29 is 9.90 Å². The summed E-state index contributed by atoms with van der Waals surface area (Å²) in [6.07, 6.45) is 1.61. The summed E-state index contributed by atoms with van der Waals surface area (Å²) in [7, 11) is 0. The summed E-state index contributed by atoms with van der Waals surface area (Å²) in [4.78, 5) is 15.8. The number of hydrogen-bond acceptors (Lipinski definition) is 3. The Balaban J connectivity index is 2.03. The number of phenolic OH excluding ortho intramolecular Hbond substituents is 1. The predicted molar refractivity (Wildman–Crippen MR) is 74.7 cm³/mol. The lowest BCUT2D eigenvalue weighted by Gasteiger charge is -2.08. The molecule has 0 aliphatic heterocycles. The number of halogens is 1. The molecular weight excluding hydrogens is 266 g/mol. The first-order valence-electron chi connectivity index (χ1n) is 5.54. The number of carbonyl (C=O) groups excluding carboxylic acids is 1. The van der Waals surface area contributed by atoms with E-state index in [0.29, 0.717) is 11.4 Å². The van der Waals surface area contributed by atoms with Gasteiger partial charge >= 0.3 is 6.03 Å². The molecule has 0 aliphatic rings. The molecule has 6 heteroatoms. The van der Waals surface area contributed by atoms with Crippen molar-refractivity contribution in [3.8, 4) is 5.75 Å². The van der Waals surface area contributed by atoms with Gasteiger partial charge in [-0.05, 0) is 37.3 Å². The second-order valence-corrected chi connectivity index (χ2v) is 4.34. The normalized spacial score (nSPS) is 10.0. The molecule has 1 heterocycles. The highest BCUT2D eigenvalue weighted by Crippen LogP contribution is 2.26. The Kier molecular flexibility index (Phi) is 3.87. The number of urea groups is 1. The quantitative estimate of drug-likeness (QED) is 0.737. The fourth-order valence-electron chi connectivity index (χ4n) is 1.50. The van der Waals surface area contributed by atoms with Crippen molar-refractivity contribution in [1.82, 2.24) is 4.98 Å². The largest absolute Gasteiger partial charge is 0.506 e. The monoisotopic (exact) mass is 277 g/mol. The van der Waals surface area contributed by atoms with Crippen LogP contribution in [0.3, 0.4) is 0 Å². The third kappa shape index (κ3) is 3.59. The molecule has 5 nitrogen and oxygen atoms in total. The maximum absolute atomic E-state index is 11.7. The second kappa shape index (κ2) is 5.58. The number of aromatic hydroxyl groups is 1. The van der Waals surface area contributed by atoms with Gasteiger partial charge in [0.25, 0.3) is 0 Å². The number of aryl methyl sites for hydroxylation is 1. The number of aromatic nitrogens is 1. The van der Waals surface area contributed by atoms with E-state index >= 15 is 0 Å². The fourth-order valence-corrected chi connectivity index (χ4v) is 1.68. The minimum absolute atomic E-state index is 0.0302. The topological polar surface area (TPSA) is 74.2 Å². The first-order chi connectivity index (χ1) is 9.04. The highest BCUT2D eigenvalue weighted by Gasteiger charge is 2.05. The minimum atomic E-state index is -0.396. The van der Waals surface area contributed by atoms with Crippen LogP contribution < -0.4 is 10.6 Å². The van der Waals surface area contributed by atoms with Crippen LogP contribution >= 0.6 is 11.6 Å². The number of pyridine rings is 1. The molecule has 1 aromatic carbocycles. The van der Waals surface area contributed by atoms with Gasteiger partial charge in [-0.1, -0.05) is 11.6 Å². The van der Waals surface area contributed by atoms with E-state index in [4.69, 9.17) is 11.6 Å². The van der Waals surface area contributed by atoms with E-state index in [1.54, 1.807) is 24.4 Å². The summed E-state index contributed by atoms with van der Waals surface area (Å²) in [5.41, 5.74) is 1.95. The van der Waals surface area contributed by atoms with Crippen molar-refractivity contribution >= 4 is 29.0 Å². The van der Waals surface area contributed by atoms with E-state index < -0.39 is 6.03 Å². The lowest BCUT2D eigenvalue weighted by molar-refractivity contribution is 0.262. The van der Waals surface area contributed by atoms with Crippen LogP contribution in [0.5, 0.6) is 5.75 Å². The van der Waals surface area contributed by atoms with Crippen molar-refractivity contribution in [1.29, 1.82) is 0 Å². The third-order valence-electron chi connectivity index (χ3n) is 2.36. The number of phenols is 1. The van der Waals surface area contributed by atoms with Crippen molar-refractivity contribution in [2.45, 2.75) is 6.92 Å². The van der Waals surface area contributed by atoms with Gasteiger partial charge in [-0.15, -0.1) is 0 Å². The number of carbonyl (C=O) groups is 1. The van der Waals surface area contributed by atoms with Crippen molar-refractivity contribution in [2.75, 3.05) is 10.6 Å². The molecule has 0 saturated carbocycles. The second-order valence-electron chi connectivity index (χ2n) is 3.93. The summed E-state index contributed by atoms with van der Waals surface area (Å²) >= 11 is 5.75. The minimum Gasteiger partial charge on any atom is -0.506 e. The molecule has 0 radical (unpaired) electrons. The Labute approximate surface area is 115 Å². The molecule has 0 saturated heterocycles. The van der Waals surface area contributed by atoms with E-state index in [1.807, 2.05) is 6.92 Å². The van der Waals surface area contributed by atoms with E-state index in [0.717, 1.165) is 5.69 Å². The van der Waals surface area contributed by atoms with Crippen LogP contribution in [-0.2, 0) is 0 Å². The average Bonchev–Trinajstić information content (AvgIpc) is 2.34. The molecule has 0 bridgehead atoms. The van der Waals surface area contributed by atoms with Gasteiger partial charge in [0.05, 0.1) is 5.02 Å². The SMILES string of the molecule is Cc1cc(NC(=O)Nc2ccc(O)c(Cl)c2)ccn1. The molecule has 0 aliphatic carbocycles. The fraction of sp³-hybridized carbons (Fsp3) is 0.0769. The first-order valence-corrected chi connectivity index (χ1v) is 5.91. The zero-order valence-electron chi connectivity index (χ0n) is 10.1. The van der Waals surface area contributed by atoms with Gasteiger partial charge in [0.1, 0.15) is 5.75 Å². The molecule has 2 amide bonds. The maximum Gasteiger partial charge on any atom is 0.323 e. The van der Waals surface area contributed by atoms with Crippen molar-refractivity contribution in [2.24, 2.45) is 0 Å². The van der Waals surface area contributed by atoms with Crippen LogP contribution in [0.15, 0.2) is 36.5 Å². The molecule has 19 heavy (non-hydrogen) atoms. The van der Waals surface area contributed by atoms with Crippen LogP contribution in [0.4, 0.5) is 16.2 Å². The molecule has 0 spiro atoms. The number of anilines is 2. The number of nitrogens with zero attached hydrogens (tertiary/aromatic N) is 1. The van der Waals surface area contributed by atoms with Gasteiger partial charge < -0.3 is 15.7 Å². The van der Waals surface area contributed by atoms with Crippen LogP contribution in [0.1, 0.15) is 5.69 Å². The lowest BCUT2D eigenvalue weighted by Crippen LogP contribution is -2.19. The Morgan fingerprint density at radius 3 is 2.53 bits per heavy atom. The zero-order chi connectivity index (χ0) is 13.8. The molecule has 2 aromatic rings. The summed E-state index contributed by atoms with van der Waals surface area (Å²) in [5, 5.41) is 14.7. The molecule has 0 fully saturated rings. The average molecular weight is 278 g/mol. The van der Waals surface area contributed by atoms with E-state index in [-0.39, 0.29) is 10.8 Å². The molecule has 2 rings (SSSR count). The van der Waals surface area contributed by atoms with Crippen molar-refractivity contribution in [3.05, 3.63) is 47.2 Å². The Hall–Kier alpha value is -2.27. The van der Waals surface area contributed by atoms with E-state index in [1.165, 1.54) is 12.1 Å². The van der Waals surface area contributed by atoms with Gasteiger partial charge in [0.15, 0.2) is 0 Å². The van der Waals surface area contributed by atoms with Crippen molar-refractivity contribution in [3.63, 3.8) is 0 Å². The number of hydrogen-bond donors (Lipinski definition) is 3. The number of amides is 2. The molecule has 0 unspecified atom stereocenters. The van der Waals surface area contributed by atoms with E-state index in [2.05, 4.69) is 15.6 Å². The van der Waals surface area contributed by atoms with Crippen LogP contribution in [0, 0.1) is 6.92 Å². The van der Waals surface area contributed by atoms with Gasteiger partial charge in [-0.3, -0.25) is 4.98 Å². The lowest BCUT2D eigenvalue weighted by atomic mass is 10.3. The standard InChI is InChI=1S/C13H12ClN3O2/c1-8-6-10(4-5-15-8)17-13(19)16-9-2-3-12(18)11(14)7-9/h2-7,18H,1H3,(H2,15,16,17,19). The highest BCUT2D eigenvalue weighted by atomic mass is 35.5. The van der Waals surface area contributed by atoms with Gasteiger partial charge in [0.2, 0.25) is 0 Å². The van der Waals surface area contributed by atoms with Gasteiger partial charge in [0, 0.05) is 23.3 Å². The van der Waals surface area contributed by atoms with Gasteiger partial charge in [-0.2, -0.15) is 0 Å². The molecular formula is C13H12ClN3O2. The van der Waals surface area contributed by atoms with Crippen LogP contribution in [-0.4, -0.2) is 16.1 Å². The Morgan fingerprint density at radius 2 is 1.89 bits per heavy atom. The zero-order valence-corrected chi connectivity index (χ0v) is 10.9. The summed E-state index contributed by atoms with van der Waals surface area (Å²) < 4.78 is 0. The third-order valence-corrected chi connectivity index (χ3v) is 2.66. The maximum atomic E-state index is 11.7. The number of nitrogens with one attached hydrogen (secondary N) is 2. The van der Waals surface area contributed by atoms with Crippen LogP contribution in [0.25, 0.3) is 0 Å². The highest BCUT2D eigenvalue weighted by molar-refractivity contribution is 6.32. The first kappa shape index (κ1) is 13.2. The molecule has 1 aromatic heterocycles. The number of benzene rings is 1. The summed E-state index contributed by atoms with van der Waals surface area (Å²) in [6.45, 7) is 1.84. The molecule has 3 N–H and O–H groups in total. The Bertz CT molecular complexity index is 617. The molecule has 98 valence electrons. The summed E-state index contributed by atoms with van der Waals surface area (Å²) in [5.74, 6) is -0.0302. The smallest absolute Gasteiger partial charge is 0.323 e. The summed E-state index contributed by atoms with van der Waals surface area (Å²) in [6, 6.07) is 7.48. The Morgan fingerprint density at radius 1 is 1.21 bits per heavy atom. The van der Waals surface area contributed by atoms with Crippen LogP contribution in [0.2, 0.25) is 5.02 Å². The van der Waals surface area contributed by atoms with Gasteiger partial charge in [-0.25, -0.2) is 4.79 Å². The predicted octanol–water partition coefficient (Wildman–Crippen LogP) is 3.39. The molecule has 0 atom stereocenters. The van der Waals surface area contributed by atoms with E-state index in [9.17, 15) is 9.90 Å².